The highest BCUT2D eigenvalue weighted by atomic mass is 32.2. The van der Waals surface area contributed by atoms with Gasteiger partial charge in [-0.2, -0.15) is 24.1 Å². The third-order valence-electron chi connectivity index (χ3n) is 2.84. The summed E-state index contributed by atoms with van der Waals surface area (Å²) >= 11 is 1.39. The lowest BCUT2D eigenvalue weighted by molar-refractivity contribution is -0.142. The van der Waals surface area contributed by atoms with Gasteiger partial charge in [0.15, 0.2) is 0 Å². The molecule has 2 N–H and O–H groups in total. The summed E-state index contributed by atoms with van der Waals surface area (Å²) in [5.41, 5.74) is 0.512. The standard InChI is InChI=1S/C10H14N2O4S2/c13-10(14)8-2-1-4-12(6-8)18(15,16)11-9-3-5-17-7-9/h3,5,7-8,11H,1-2,4,6H2,(H,13,14). The summed E-state index contributed by atoms with van der Waals surface area (Å²) in [6.07, 6.45) is 1.10. The van der Waals surface area contributed by atoms with Gasteiger partial charge in [-0.1, -0.05) is 0 Å². The Hall–Kier alpha value is -1.12. The SMILES string of the molecule is O=C(O)C1CCCN(S(=O)(=O)Nc2ccsc2)C1. The average molecular weight is 290 g/mol. The minimum absolute atomic E-state index is 0.0365. The molecule has 18 heavy (non-hydrogen) atoms. The van der Waals surface area contributed by atoms with Gasteiger partial charge in [0.2, 0.25) is 0 Å². The molecule has 1 atom stereocenters. The average Bonchev–Trinajstić information content (AvgIpc) is 2.81. The summed E-state index contributed by atoms with van der Waals surface area (Å²) in [7, 11) is -3.65. The molecule has 1 aromatic heterocycles. The Balaban J connectivity index is 2.07. The Bertz CT molecular complexity index is 512. The van der Waals surface area contributed by atoms with Crippen molar-refractivity contribution in [3.63, 3.8) is 0 Å². The van der Waals surface area contributed by atoms with Gasteiger partial charge in [-0.15, -0.1) is 0 Å². The highest BCUT2D eigenvalue weighted by Gasteiger charge is 2.32. The zero-order chi connectivity index (χ0) is 13.2. The number of aliphatic carboxylic acids is 1. The summed E-state index contributed by atoms with van der Waals surface area (Å²) < 4.78 is 27.7. The van der Waals surface area contributed by atoms with Crippen LogP contribution in [0.15, 0.2) is 16.8 Å². The molecule has 2 heterocycles. The van der Waals surface area contributed by atoms with Crippen LogP contribution in [0.5, 0.6) is 0 Å². The van der Waals surface area contributed by atoms with Crippen LogP contribution in [-0.4, -0.2) is 36.9 Å². The van der Waals surface area contributed by atoms with Gasteiger partial charge < -0.3 is 5.11 Å². The van der Waals surface area contributed by atoms with Gasteiger partial charge in [0.25, 0.3) is 0 Å². The Morgan fingerprint density at radius 2 is 2.33 bits per heavy atom. The number of thiophene rings is 1. The van der Waals surface area contributed by atoms with E-state index in [1.165, 1.54) is 15.6 Å². The van der Waals surface area contributed by atoms with Crippen molar-refractivity contribution >= 4 is 33.2 Å². The number of hydrogen-bond donors (Lipinski definition) is 2. The van der Waals surface area contributed by atoms with Gasteiger partial charge in [0.05, 0.1) is 11.6 Å². The van der Waals surface area contributed by atoms with Gasteiger partial charge in [0, 0.05) is 18.5 Å². The van der Waals surface area contributed by atoms with Gasteiger partial charge in [0.1, 0.15) is 0 Å². The lowest BCUT2D eigenvalue weighted by atomic mass is 10.0. The molecule has 0 aliphatic carbocycles. The first kappa shape index (κ1) is 13.3. The Kier molecular flexibility index (Phi) is 3.88. The quantitative estimate of drug-likeness (QED) is 0.872. The molecule has 1 fully saturated rings. The van der Waals surface area contributed by atoms with Crippen molar-refractivity contribution < 1.29 is 18.3 Å². The molecule has 0 amide bonds. The van der Waals surface area contributed by atoms with Crippen LogP contribution in [0.25, 0.3) is 0 Å². The lowest BCUT2D eigenvalue weighted by Crippen LogP contribution is -2.44. The second-order valence-corrected chi connectivity index (χ2v) is 6.61. The smallest absolute Gasteiger partial charge is 0.307 e. The summed E-state index contributed by atoms with van der Waals surface area (Å²) in [4.78, 5) is 10.9. The number of carboxylic acid groups (broad SMARTS) is 1. The van der Waals surface area contributed by atoms with E-state index in [1.807, 2.05) is 0 Å². The van der Waals surface area contributed by atoms with E-state index >= 15 is 0 Å². The fourth-order valence-electron chi connectivity index (χ4n) is 1.90. The third kappa shape index (κ3) is 3.01. The second kappa shape index (κ2) is 5.25. The number of anilines is 1. The Labute approximate surface area is 109 Å². The van der Waals surface area contributed by atoms with E-state index in [1.54, 1.807) is 16.8 Å². The Morgan fingerprint density at radius 3 is 2.94 bits per heavy atom. The van der Waals surface area contributed by atoms with E-state index in [2.05, 4.69) is 4.72 Å². The molecule has 2 rings (SSSR count). The van der Waals surface area contributed by atoms with Crippen LogP contribution in [0.2, 0.25) is 0 Å². The van der Waals surface area contributed by atoms with Gasteiger partial charge in [-0.05, 0) is 24.3 Å². The molecule has 0 radical (unpaired) electrons. The summed E-state index contributed by atoms with van der Waals surface area (Å²) in [5.74, 6) is -1.55. The summed E-state index contributed by atoms with van der Waals surface area (Å²) in [6, 6.07) is 1.67. The fraction of sp³-hybridized carbons (Fsp3) is 0.500. The largest absolute Gasteiger partial charge is 0.481 e. The normalized spacial score (nSPS) is 21.7. The van der Waals surface area contributed by atoms with Crippen molar-refractivity contribution in [2.75, 3.05) is 17.8 Å². The minimum Gasteiger partial charge on any atom is -0.481 e. The van der Waals surface area contributed by atoms with Crippen molar-refractivity contribution in [3.05, 3.63) is 16.8 Å². The molecule has 1 aromatic rings. The van der Waals surface area contributed by atoms with Crippen LogP contribution in [0.1, 0.15) is 12.8 Å². The van der Waals surface area contributed by atoms with Crippen LogP contribution < -0.4 is 4.72 Å². The number of nitrogens with one attached hydrogen (secondary N) is 1. The molecule has 1 unspecified atom stereocenters. The van der Waals surface area contributed by atoms with Crippen LogP contribution in [0.4, 0.5) is 5.69 Å². The van der Waals surface area contributed by atoms with Gasteiger partial charge in [-0.3, -0.25) is 9.52 Å². The van der Waals surface area contributed by atoms with E-state index in [9.17, 15) is 13.2 Å². The van der Waals surface area contributed by atoms with E-state index < -0.39 is 22.1 Å². The number of rotatable bonds is 4. The monoisotopic (exact) mass is 290 g/mol. The topological polar surface area (TPSA) is 86.7 Å². The highest BCUT2D eigenvalue weighted by Crippen LogP contribution is 2.21. The van der Waals surface area contributed by atoms with Crippen LogP contribution >= 0.6 is 11.3 Å². The molecule has 1 aliphatic rings. The van der Waals surface area contributed by atoms with Crippen molar-refractivity contribution in [1.29, 1.82) is 0 Å². The highest BCUT2D eigenvalue weighted by molar-refractivity contribution is 7.90. The molecular weight excluding hydrogens is 276 g/mol. The predicted molar refractivity (Wildman–Crippen MR) is 68.8 cm³/mol. The van der Waals surface area contributed by atoms with E-state index in [-0.39, 0.29) is 6.54 Å². The van der Waals surface area contributed by atoms with E-state index in [4.69, 9.17) is 5.11 Å². The first-order valence-electron chi connectivity index (χ1n) is 5.52. The molecule has 6 nitrogen and oxygen atoms in total. The minimum atomic E-state index is -3.65. The maximum Gasteiger partial charge on any atom is 0.307 e. The molecule has 0 spiro atoms. The summed E-state index contributed by atoms with van der Waals surface area (Å²) in [6.45, 7) is 0.401. The third-order valence-corrected chi connectivity index (χ3v) is 5.03. The molecule has 1 aliphatic heterocycles. The predicted octanol–water partition coefficient (Wildman–Crippen LogP) is 1.20. The number of hydrogen-bond acceptors (Lipinski definition) is 4. The number of nitrogens with zero attached hydrogens (tertiary/aromatic N) is 1. The van der Waals surface area contributed by atoms with Crippen molar-refractivity contribution in [2.45, 2.75) is 12.8 Å². The number of carboxylic acids is 1. The van der Waals surface area contributed by atoms with E-state index in [0.29, 0.717) is 25.1 Å². The second-order valence-electron chi connectivity index (χ2n) is 4.15. The molecule has 1 saturated heterocycles. The first-order chi connectivity index (χ1) is 8.49. The molecular formula is C10H14N2O4S2. The molecule has 0 saturated carbocycles. The van der Waals surface area contributed by atoms with Crippen LogP contribution in [0.3, 0.4) is 0 Å². The fourth-order valence-corrected chi connectivity index (χ4v) is 3.86. The Morgan fingerprint density at radius 1 is 1.56 bits per heavy atom. The van der Waals surface area contributed by atoms with Gasteiger partial charge >= 0.3 is 16.2 Å². The van der Waals surface area contributed by atoms with Gasteiger partial charge in [-0.25, -0.2) is 0 Å². The van der Waals surface area contributed by atoms with Crippen molar-refractivity contribution in [3.8, 4) is 0 Å². The van der Waals surface area contributed by atoms with Crippen molar-refractivity contribution in [1.82, 2.24) is 4.31 Å². The maximum absolute atomic E-state index is 12.0. The first-order valence-corrected chi connectivity index (χ1v) is 7.90. The molecule has 0 aromatic carbocycles. The summed E-state index contributed by atoms with van der Waals surface area (Å²) in [5, 5.41) is 12.4. The van der Waals surface area contributed by atoms with Crippen LogP contribution in [-0.2, 0) is 15.0 Å². The zero-order valence-electron chi connectivity index (χ0n) is 9.57. The van der Waals surface area contributed by atoms with E-state index in [0.717, 1.165) is 0 Å². The lowest BCUT2D eigenvalue weighted by Gasteiger charge is -2.29. The number of carbonyl (C=O) groups is 1. The molecule has 100 valence electrons. The molecule has 8 heteroatoms. The molecule has 0 bridgehead atoms. The zero-order valence-corrected chi connectivity index (χ0v) is 11.2. The van der Waals surface area contributed by atoms with Crippen molar-refractivity contribution in [2.24, 2.45) is 5.92 Å². The number of piperidine rings is 1. The van der Waals surface area contributed by atoms with Crippen LogP contribution in [0, 0.1) is 5.92 Å². The maximum atomic E-state index is 12.0.